The second-order valence-electron chi connectivity index (χ2n) is 7.24. The molecule has 4 atom stereocenters. The molecule has 3 aliphatic rings. The SMILES string of the molecule is C[C@]12CC[C@@H]3/C(=C/C=C(\O)C(=O)O)C(=O)CC[C@H]3[C@@H]1CCC2=O. The summed E-state index contributed by atoms with van der Waals surface area (Å²) < 4.78 is 0. The first-order valence-corrected chi connectivity index (χ1v) is 8.25. The molecule has 0 bridgehead atoms. The maximum atomic E-state index is 12.3. The van der Waals surface area contributed by atoms with Gasteiger partial charge in [0.15, 0.2) is 5.78 Å². The van der Waals surface area contributed by atoms with E-state index in [9.17, 15) is 19.5 Å². The van der Waals surface area contributed by atoms with Crippen molar-refractivity contribution in [2.75, 3.05) is 0 Å². The van der Waals surface area contributed by atoms with Crippen molar-refractivity contribution in [2.45, 2.75) is 45.4 Å². The molecule has 0 heterocycles. The average molecular weight is 318 g/mol. The number of carbonyl (C=O) groups is 3. The highest BCUT2D eigenvalue weighted by atomic mass is 16.4. The third-order valence-electron chi connectivity index (χ3n) is 6.21. The zero-order valence-corrected chi connectivity index (χ0v) is 13.2. The van der Waals surface area contributed by atoms with E-state index in [0.717, 1.165) is 31.8 Å². The summed E-state index contributed by atoms with van der Waals surface area (Å²) in [4.78, 5) is 35.2. The van der Waals surface area contributed by atoms with Gasteiger partial charge in [-0.3, -0.25) is 9.59 Å². The van der Waals surface area contributed by atoms with E-state index in [1.165, 1.54) is 6.08 Å². The number of hydrogen-bond acceptors (Lipinski definition) is 4. The Morgan fingerprint density at radius 1 is 1.17 bits per heavy atom. The fourth-order valence-corrected chi connectivity index (χ4v) is 4.95. The minimum absolute atomic E-state index is 0.0358. The van der Waals surface area contributed by atoms with Crippen LogP contribution in [0, 0.1) is 23.2 Å². The van der Waals surface area contributed by atoms with Crippen LogP contribution < -0.4 is 0 Å². The van der Waals surface area contributed by atoms with E-state index in [1.54, 1.807) is 0 Å². The number of aliphatic hydroxyl groups excluding tert-OH is 1. The van der Waals surface area contributed by atoms with Crippen molar-refractivity contribution in [2.24, 2.45) is 23.2 Å². The highest BCUT2D eigenvalue weighted by Gasteiger charge is 2.55. The minimum Gasteiger partial charge on any atom is -0.502 e. The Hall–Kier alpha value is -1.91. The Bertz CT molecular complexity index is 629. The van der Waals surface area contributed by atoms with E-state index in [0.29, 0.717) is 36.0 Å². The molecule has 2 N–H and O–H groups in total. The second kappa shape index (κ2) is 5.62. The van der Waals surface area contributed by atoms with Gasteiger partial charge < -0.3 is 10.2 Å². The Labute approximate surface area is 135 Å². The van der Waals surface area contributed by atoms with Gasteiger partial charge in [-0.2, -0.15) is 0 Å². The van der Waals surface area contributed by atoms with Crippen molar-refractivity contribution < 1.29 is 24.6 Å². The highest BCUT2D eigenvalue weighted by Crippen LogP contribution is 2.58. The molecule has 0 saturated heterocycles. The summed E-state index contributed by atoms with van der Waals surface area (Å²) in [5.41, 5.74) is 0.376. The van der Waals surface area contributed by atoms with Crippen LogP contribution in [0.1, 0.15) is 45.4 Å². The largest absolute Gasteiger partial charge is 0.502 e. The van der Waals surface area contributed by atoms with Crippen molar-refractivity contribution >= 4 is 17.5 Å². The highest BCUT2D eigenvalue weighted by molar-refractivity contribution is 5.97. The van der Waals surface area contributed by atoms with E-state index in [-0.39, 0.29) is 17.1 Å². The molecule has 3 rings (SSSR count). The van der Waals surface area contributed by atoms with Crippen molar-refractivity contribution in [3.63, 3.8) is 0 Å². The molecule has 0 spiro atoms. The van der Waals surface area contributed by atoms with Gasteiger partial charge in [0.1, 0.15) is 5.78 Å². The number of aliphatic hydroxyl groups is 1. The first kappa shape index (κ1) is 16.0. The summed E-state index contributed by atoms with van der Waals surface area (Å²) in [6, 6.07) is 0. The monoisotopic (exact) mass is 318 g/mol. The molecule has 5 nitrogen and oxygen atoms in total. The molecule has 0 amide bonds. The molecule has 0 aliphatic heterocycles. The van der Waals surface area contributed by atoms with Crippen LogP contribution in [0.3, 0.4) is 0 Å². The third-order valence-corrected chi connectivity index (χ3v) is 6.21. The maximum Gasteiger partial charge on any atom is 0.370 e. The number of hydrogen-bond donors (Lipinski definition) is 2. The van der Waals surface area contributed by atoms with Crippen molar-refractivity contribution in [1.29, 1.82) is 0 Å². The summed E-state index contributed by atoms with van der Waals surface area (Å²) >= 11 is 0. The summed E-state index contributed by atoms with van der Waals surface area (Å²) in [5, 5.41) is 18.1. The molecule has 124 valence electrons. The number of Topliss-reactive ketones (excluding diaryl/α,β-unsaturated/α-hetero) is 2. The molecule has 0 unspecified atom stereocenters. The maximum absolute atomic E-state index is 12.3. The lowest BCUT2D eigenvalue weighted by molar-refractivity contribution is -0.135. The first-order chi connectivity index (χ1) is 10.8. The van der Waals surface area contributed by atoms with E-state index >= 15 is 0 Å². The third kappa shape index (κ3) is 2.52. The fourth-order valence-electron chi connectivity index (χ4n) is 4.95. The van der Waals surface area contributed by atoms with Crippen LogP contribution in [0.15, 0.2) is 23.5 Å². The molecule has 5 heteroatoms. The van der Waals surface area contributed by atoms with Crippen molar-refractivity contribution in [3.05, 3.63) is 23.5 Å². The van der Waals surface area contributed by atoms with Gasteiger partial charge in [-0.05, 0) is 55.1 Å². The molecule has 3 saturated carbocycles. The zero-order chi connectivity index (χ0) is 16.8. The molecular weight excluding hydrogens is 296 g/mol. The molecule has 23 heavy (non-hydrogen) atoms. The van der Waals surface area contributed by atoms with Crippen molar-refractivity contribution in [1.82, 2.24) is 0 Å². The smallest absolute Gasteiger partial charge is 0.370 e. The Kier molecular flexibility index (Phi) is 3.90. The van der Waals surface area contributed by atoms with Gasteiger partial charge in [-0.1, -0.05) is 13.0 Å². The standard InChI is InChI=1S/C18H22O5/c1-18-9-8-10-11(13(18)4-7-16(18)21)2-5-14(19)12(10)3-6-15(20)17(22)23/h3,6,10-11,13,20H,2,4-5,7-9H2,1H3,(H,22,23)/b12-3-,15-6-/t10-,11+,13-,18-/m0/s1. The van der Waals surface area contributed by atoms with Gasteiger partial charge in [0, 0.05) is 18.3 Å². The lowest BCUT2D eigenvalue weighted by Gasteiger charge is -2.48. The van der Waals surface area contributed by atoms with Gasteiger partial charge in [-0.25, -0.2) is 4.79 Å². The number of carbonyl (C=O) groups excluding carboxylic acids is 2. The van der Waals surface area contributed by atoms with Crippen LogP contribution in [0.4, 0.5) is 0 Å². The van der Waals surface area contributed by atoms with Gasteiger partial charge in [0.2, 0.25) is 5.76 Å². The topological polar surface area (TPSA) is 91.7 Å². The van der Waals surface area contributed by atoms with Gasteiger partial charge in [-0.15, -0.1) is 0 Å². The number of ketones is 2. The lowest BCUT2D eigenvalue weighted by atomic mass is 9.55. The van der Waals surface area contributed by atoms with Crippen LogP contribution in [-0.4, -0.2) is 27.7 Å². The van der Waals surface area contributed by atoms with E-state index in [4.69, 9.17) is 5.11 Å². The quantitative estimate of drug-likeness (QED) is 0.603. The molecular formula is C18H22O5. The average Bonchev–Trinajstić information content (AvgIpc) is 2.81. The van der Waals surface area contributed by atoms with Gasteiger partial charge >= 0.3 is 5.97 Å². The Balaban J connectivity index is 1.91. The Morgan fingerprint density at radius 3 is 2.61 bits per heavy atom. The molecule has 0 aromatic rings. The van der Waals surface area contributed by atoms with E-state index in [2.05, 4.69) is 6.92 Å². The fraction of sp³-hybridized carbons (Fsp3) is 0.611. The second-order valence-corrected chi connectivity index (χ2v) is 7.24. The van der Waals surface area contributed by atoms with E-state index in [1.807, 2.05) is 0 Å². The minimum atomic E-state index is -1.40. The number of rotatable bonds is 2. The summed E-state index contributed by atoms with van der Waals surface area (Å²) in [6.07, 6.45) is 6.93. The van der Waals surface area contributed by atoms with Gasteiger partial charge in [0.05, 0.1) is 0 Å². The molecule has 0 radical (unpaired) electrons. The van der Waals surface area contributed by atoms with Crippen LogP contribution in [-0.2, 0) is 14.4 Å². The van der Waals surface area contributed by atoms with Crippen LogP contribution in [0.2, 0.25) is 0 Å². The predicted octanol–water partition coefficient (Wildman–Crippen LogP) is 2.81. The predicted molar refractivity (Wildman–Crippen MR) is 82.7 cm³/mol. The summed E-state index contributed by atoms with van der Waals surface area (Å²) in [6.45, 7) is 2.07. The number of allylic oxidation sites excluding steroid dienone is 3. The van der Waals surface area contributed by atoms with Crippen LogP contribution in [0.5, 0.6) is 0 Å². The van der Waals surface area contributed by atoms with Crippen molar-refractivity contribution in [3.8, 4) is 0 Å². The Morgan fingerprint density at radius 2 is 1.91 bits per heavy atom. The number of aliphatic carboxylic acids is 1. The molecule has 0 aromatic heterocycles. The van der Waals surface area contributed by atoms with Gasteiger partial charge in [0.25, 0.3) is 0 Å². The summed E-state index contributed by atoms with van der Waals surface area (Å²) in [5.74, 6) is -1.06. The van der Waals surface area contributed by atoms with Crippen LogP contribution >= 0.6 is 0 Å². The number of fused-ring (bicyclic) bond motifs is 3. The van der Waals surface area contributed by atoms with E-state index < -0.39 is 11.7 Å². The summed E-state index contributed by atoms with van der Waals surface area (Å²) in [7, 11) is 0. The number of carboxylic acid groups (broad SMARTS) is 1. The zero-order valence-electron chi connectivity index (χ0n) is 13.2. The molecule has 3 fully saturated rings. The van der Waals surface area contributed by atoms with Crippen LogP contribution in [0.25, 0.3) is 0 Å². The number of carboxylic acids is 1. The molecule has 3 aliphatic carbocycles. The molecule has 0 aromatic carbocycles. The normalized spacial score (nSPS) is 39.3. The lowest BCUT2D eigenvalue weighted by Crippen LogP contribution is -2.45. The first-order valence-electron chi connectivity index (χ1n) is 8.25.